The molecule has 1 amide bonds. The van der Waals surface area contributed by atoms with Gasteiger partial charge < -0.3 is 21.1 Å². The molecular weight excluding hydrogens is 420 g/mol. The van der Waals surface area contributed by atoms with Gasteiger partial charge in [-0.1, -0.05) is 0 Å². The van der Waals surface area contributed by atoms with Crippen LogP contribution in [0.15, 0.2) is 41.2 Å². The number of benzene rings is 1. The largest absolute Gasteiger partial charge is 0.432 e. The van der Waals surface area contributed by atoms with Gasteiger partial charge in [-0.2, -0.15) is 31.3 Å². The number of carbonyl (C=O) groups is 1. The molecule has 0 heterocycles. The highest BCUT2D eigenvalue weighted by Gasteiger charge is 2.33. The van der Waals surface area contributed by atoms with E-state index >= 15 is 0 Å². The Hall–Kier alpha value is -3.09. The molecule has 0 bridgehead atoms. The van der Waals surface area contributed by atoms with Gasteiger partial charge in [0.15, 0.2) is 0 Å². The second kappa shape index (κ2) is 10.1. The third kappa shape index (κ3) is 8.11. The minimum atomic E-state index is -4.93. The molecule has 0 aliphatic carbocycles. The van der Waals surface area contributed by atoms with E-state index in [4.69, 9.17) is 15.9 Å². The number of carbonyl (C=O) groups excluding carboxylic acids is 1. The van der Waals surface area contributed by atoms with Gasteiger partial charge in [0.25, 0.3) is 5.91 Å². The molecule has 1 aromatic carbocycles. The van der Waals surface area contributed by atoms with E-state index in [0.29, 0.717) is 12.1 Å². The number of amides is 1. The van der Waals surface area contributed by atoms with Crippen LogP contribution in [0.3, 0.4) is 0 Å². The Balaban J connectivity index is 3.11. The number of hydrogen-bond acceptors (Lipinski definition) is 4. The van der Waals surface area contributed by atoms with Gasteiger partial charge in [-0.25, -0.2) is 0 Å². The van der Waals surface area contributed by atoms with E-state index < -0.39 is 41.4 Å². The van der Waals surface area contributed by atoms with Gasteiger partial charge in [0, 0.05) is 24.8 Å². The summed E-state index contributed by atoms with van der Waals surface area (Å²) in [5.74, 6) is -2.01. The van der Waals surface area contributed by atoms with Crippen molar-refractivity contribution in [2.75, 3.05) is 13.7 Å². The van der Waals surface area contributed by atoms with Crippen molar-refractivity contribution in [3.63, 3.8) is 0 Å². The summed E-state index contributed by atoms with van der Waals surface area (Å²) in [5.41, 5.74) is 2.51. The van der Waals surface area contributed by atoms with Crippen LogP contribution in [-0.4, -0.2) is 43.5 Å². The van der Waals surface area contributed by atoms with Gasteiger partial charge >= 0.3 is 12.4 Å². The topological polar surface area (TPSA) is 113 Å². The van der Waals surface area contributed by atoms with Crippen LogP contribution >= 0.6 is 0 Å². The molecule has 0 aliphatic heterocycles. The van der Waals surface area contributed by atoms with Crippen molar-refractivity contribution >= 4 is 17.6 Å². The molecule has 1 rings (SSSR count). The van der Waals surface area contributed by atoms with Gasteiger partial charge in [0.2, 0.25) is 5.96 Å². The molecule has 1 atom stereocenters. The summed E-state index contributed by atoms with van der Waals surface area (Å²) in [6.45, 7) is 1.72. The first-order valence-corrected chi connectivity index (χ1v) is 8.19. The zero-order valence-corrected chi connectivity index (χ0v) is 15.8. The summed E-state index contributed by atoms with van der Waals surface area (Å²) in [7, 11) is 1.38. The number of nitrogens with one attached hydrogen (secondary N) is 3. The fourth-order valence-electron chi connectivity index (χ4n) is 2.00. The Labute approximate surface area is 167 Å². The number of nitrogens with two attached hydrogens (primary N) is 1. The van der Waals surface area contributed by atoms with Crippen molar-refractivity contribution in [1.82, 2.24) is 10.6 Å². The summed E-state index contributed by atoms with van der Waals surface area (Å²) < 4.78 is 80.1. The molecular formula is C17H19F6N5O2. The highest BCUT2D eigenvalue weighted by molar-refractivity contribution is 6.03. The van der Waals surface area contributed by atoms with Crippen LogP contribution < -0.4 is 16.4 Å². The molecule has 30 heavy (non-hydrogen) atoms. The van der Waals surface area contributed by atoms with Crippen LogP contribution in [0.4, 0.5) is 26.3 Å². The Morgan fingerprint density at radius 2 is 1.80 bits per heavy atom. The van der Waals surface area contributed by atoms with Crippen molar-refractivity contribution in [2.45, 2.75) is 25.3 Å². The fraction of sp³-hybridized carbons (Fsp3) is 0.353. The number of nitrogens with zero attached hydrogens (tertiary/aromatic N) is 1. The average Bonchev–Trinajstić information content (AvgIpc) is 2.60. The van der Waals surface area contributed by atoms with Gasteiger partial charge in [-0.15, -0.1) is 0 Å². The molecule has 0 radical (unpaired) electrons. The van der Waals surface area contributed by atoms with Crippen LogP contribution in [0, 0.1) is 5.41 Å². The van der Waals surface area contributed by atoms with E-state index in [1.165, 1.54) is 7.11 Å². The Morgan fingerprint density at radius 3 is 2.27 bits per heavy atom. The molecule has 166 valence electrons. The quantitative estimate of drug-likeness (QED) is 0.309. The van der Waals surface area contributed by atoms with E-state index in [1.807, 2.05) is 0 Å². The van der Waals surface area contributed by atoms with Gasteiger partial charge in [0.1, 0.15) is 11.5 Å². The summed E-state index contributed by atoms with van der Waals surface area (Å²) in [5, 5.41) is 11.8. The zero-order chi connectivity index (χ0) is 23.1. The molecule has 7 nitrogen and oxygen atoms in total. The third-order valence-corrected chi connectivity index (χ3v) is 3.34. The smallest absolute Gasteiger partial charge is 0.385 e. The molecule has 0 saturated carbocycles. The number of aliphatic imine (C=N–C) groups is 1. The van der Waals surface area contributed by atoms with Crippen molar-refractivity contribution in [1.29, 1.82) is 5.41 Å². The van der Waals surface area contributed by atoms with Crippen LogP contribution in [0.2, 0.25) is 0 Å². The molecule has 0 aliphatic rings. The second-order valence-corrected chi connectivity index (χ2v) is 5.98. The van der Waals surface area contributed by atoms with Crippen molar-refractivity contribution in [3.8, 4) is 0 Å². The van der Waals surface area contributed by atoms with Crippen molar-refractivity contribution in [3.05, 3.63) is 47.3 Å². The molecule has 0 aromatic heterocycles. The van der Waals surface area contributed by atoms with Gasteiger partial charge in [0.05, 0.1) is 12.2 Å². The molecule has 5 N–H and O–H groups in total. The molecule has 0 spiro atoms. The van der Waals surface area contributed by atoms with Crippen LogP contribution in [-0.2, 0) is 10.9 Å². The average molecular weight is 439 g/mol. The Morgan fingerprint density at radius 1 is 1.23 bits per heavy atom. The lowest BCUT2D eigenvalue weighted by Crippen LogP contribution is -2.45. The molecule has 1 unspecified atom stereocenters. The maximum absolute atomic E-state index is 12.6. The summed E-state index contributed by atoms with van der Waals surface area (Å²) in [6.07, 6.45) is -9.24. The third-order valence-electron chi connectivity index (χ3n) is 3.34. The Kier molecular flexibility index (Phi) is 8.39. The number of rotatable bonds is 6. The summed E-state index contributed by atoms with van der Waals surface area (Å²) >= 11 is 0. The van der Waals surface area contributed by atoms with Gasteiger partial charge in [-0.05, 0) is 31.2 Å². The minimum Gasteiger partial charge on any atom is -0.385 e. The number of ether oxygens (including phenoxy) is 1. The first-order valence-electron chi connectivity index (χ1n) is 8.19. The number of alkyl halides is 6. The van der Waals surface area contributed by atoms with E-state index in [1.54, 1.807) is 6.92 Å². The first kappa shape index (κ1) is 24.9. The van der Waals surface area contributed by atoms with Crippen LogP contribution in [0.25, 0.3) is 0 Å². The number of allylic oxidation sites excluding steroid dienone is 1. The molecule has 13 heteroatoms. The highest BCUT2D eigenvalue weighted by Crippen LogP contribution is 2.29. The molecule has 0 saturated heterocycles. The normalized spacial score (nSPS) is 14.3. The predicted octanol–water partition coefficient (Wildman–Crippen LogP) is 2.80. The first-order chi connectivity index (χ1) is 13.7. The predicted molar refractivity (Wildman–Crippen MR) is 96.9 cm³/mol. The van der Waals surface area contributed by atoms with E-state index in [9.17, 15) is 31.1 Å². The fourth-order valence-corrected chi connectivity index (χ4v) is 2.00. The summed E-state index contributed by atoms with van der Waals surface area (Å²) in [6, 6.07) is 2.72. The highest BCUT2D eigenvalue weighted by atomic mass is 19.4. The Bertz CT molecular complexity index is 815. The van der Waals surface area contributed by atoms with Gasteiger partial charge in [-0.3, -0.25) is 10.2 Å². The van der Waals surface area contributed by atoms with Crippen LogP contribution in [0.5, 0.6) is 0 Å². The number of methoxy groups -OCH3 is 1. The maximum Gasteiger partial charge on any atom is 0.432 e. The van der Waals surface area contributed by atoms with E-state index in [0.717, 1.165) is 12.1 Å². The number of halogens is 6. The molecule has 0 fully saturated rings. The second-order valence-electron chi connectivity index (χ2n) is 5.98. The lowest BCUT2D eigenvalue weighted by atomic mass is 10.1. The monoisotopic (exact) mass is 439 g/mol. The maximum atomic E-state index is 12.6. The minimum absolute atomic E-state index is 0.122. The van der Waals surface area contributed by atoms with E-state index in [2.05, 4.69) is 15.6 Å². The summed E-state index contributed by atoms with van der Waals surface area (Å²) in [4.78, 5) is 15.9. The number of guanidine groups is 1. The standard InChI is InChI=1S/C17H19F6N5O2/c1-9(8-30-2)26-15(27-13(25)7-12(24)17(21,22)23)28-14(29)10-3-5-11(6-4-10)16(18,19)20/h3-7,9,24H,8,25H2,1-2H3,(H2,26,27,28,29)/b13-7+,24-12?. The van der Waals surface area contributed by atoms with E-state index in [-0.39, 0.29) is 24.2 Å². The van der Waals surface area contributed by atoms with Crippen molar-refractivity contribution in [2.24, 2.45) is 10.7 Å². The zero-order valence-electron chi connectivity index (χ0n) is 15.8. The van der Waals surface area contributed by atoms with Crippen LogP contribution in [0.1, 0.15) is 22.8 Å². The lowest BCUT2D eigenvalue weighted by molar-refractivity contribution is -0.137. The number of hydrogen-bond donors (Lipinski definition) is 4. The molecule has 1 aromatic rings. The van der Waals surface area contributed by atoms with Crippen molar-refractivity contribution < 1.29 is 35.9 Å². The SMILES string of the molecule is COCC(C)N/C(=N/C(=O)c1ccc(C(F)(F)F)cc1)N/C(N)=C/C(=N)C(F)(F)F. The lowest BCUT2D eigenvalue weighted by Gasteiger charge is -2.17.